The van der Waals surface area contributed by atoms with E-state index >= 15 is 0 Å². The fourth-order valence-electron chi connectivity index (χ4n) is 2.43. The first-order chi connectivity index (χ1) is 9.74. The van der Waals surface area contributed by atoms with Crippen molar-refractivity contribution in [1.29, 1.82) is 0 Å². The normalized spacial score (nSPS) is 13.4. The average molecular weight is 297 g/mol. The molecule has 1 atom stereocenters. The smallest absolute Gasteiger partial charge is 0.373 e. The number of benzene rings is 1. The monoisotopic (exact) mass is 297 g/mol. The first kappa shape index (κ1) is 17.3. The van der Waals surface area contributed by atoms with Crippen LogP contribution in [0.3, 0.4) is 0 Å². The van der Waals surface area contributed by atoms with Crippen LogP contribution in [0.1, 0.15) is 38.3 Å². The van der Waals surface area contributed by atoms with Gasteiger partial charge in [0.2, 0.25) is 0 Å². The predicted molar refractivity (Wildman–Crippen MR) is 83.5 cm³/mol. The molecule has 2 N–H and O–H groups in total. The van der Waals surface area contributed by atoms with Crippen LogP contribution in [0.4, 0.5) is 0 Å². The molecule has 0 saturated carbocycles. The highest BCUT2D eigenvalue weighted by atomic mass is 28.4. The summed E-state index contributed by atoms with van der Waals surface area (Å²) in [5, 5.41) is 0. The number of hydrogen-bond acceptors (Lipinski definition) is 4. The van der Waals surface area contributed by atoms with E-state index in [1.54, 1.807) is 0 Å². The fourth-order valence-corrected chi connectivity index (χ4v) is 5.61. The van der Waals surface area contributed by atoms with E-state index in [1.807, 2.05) is 39.0 Å². The summed E-state index contributed by atoms with van der Waals surface area (Å²) in [6.07, 6.45) is 0.802. The molecule has 0 saturated heterocycles. The lowest BCUT2D eigenvalue weighted by atomic mass is 10.1. The van der Waals surface area contributed by atoms with Crippen LogP contribution in [0.15, 0.2) is 30.3 Å². The van der Waals surface area contributed by atoms with Crippen molar-refractivity contribution in [2.24, 2.45) is 5.73 Å². The van der Waals surface area contributed by atoms with Gasteiger partial charge in [-0.3, -0.25) is 0 Å². The van der Waals surface area contributed by atoms with Crippen LogP contribution in [0.25, 0.3) is 0 Å². The van der Waals surface area contributed by atoms with Gasteiger partial charge in [0.05, 0.1) is 5.54 Å². The van der Waals surface area contributed by atoms with Gasteiger partial charge in [-0.1, -0.05) is 30.3 Å². The molecular weight excluding hydrogens is 270 g/mol. The molecular formula is C15H27NO3Si. The van der Waals surface area contributed by atoms with Gasteiger partial charge in [-0.05, 0) is 39.3 Å². The lowest BCUT2D eigenvalue weighted by molar-refractivity contribution is 0.0609. The molecule has 4 nitrogen and oxygen atoms in total. The third-order valence-corrected chi connectivity index (χ3v) is 6.67. The van der Waals surface area contributed by atoms with Crippen molar-refractivity contribution >= 4 is 8.80 Å². The minimum absolute atomic E-state index is 0.0912. The molecule has 0 aliphatic heterocycles. The lowest BCUT2D eigenvalue weighted by Gasteiger charge is -2.35. The molecule has 114 valence electrons. The highest BCUT2D eigenvalue weighted by Gasteiger charge is 2.49. The summed E-state index contributed by atoms with van der Waals surface area (Å²) >= 11 is 0. The first-order valence-electron chi connectivity index (χ1n) is 7.40. The maximum Gasteiger partial charge on any atom is 0.508 e. The van der Waals surface area contributed by atoms with E-state index in [2.05, 4.69) is 12.1 Å². The molecule has 0 spiro atoms. The maximum absolute atomic E-state index is 6.02. The Hall–Kier alpha value is -0.723. The van der Waals surface area contributed by atoms with Crippen LogP contribution in [0, 0.1) is 0 Å². The van der Waals surface area contributed by atoms with E-state index in [0.717, 1.165) is 6.42 Å². The van der Waals surface area contributed by atoms with Gasteiger partial charge < -0.3 is 19.0 Å². The molecule has 20 heavy (non-hydrogen) atoms. The second kappa shape index (κ2) is 9.26. The Morgan fingerprint density at radius 2 is 1.45 bits per heavy atom. The Morgan fingerprint density at radius 1 is 0.950 bits per heavy atom. The third kappa shape index (κ3) is 4.39. The Balaban J connectivity index is 3.14. The summed E-state index contributed by atoms with van der Waals surface area (Å²) in [6, 6.07) is 10.3. The maximum atomic E-state index is 6.02. The van der Waals surface area contributed by atoms with Crippen molar-refractivity contribution in [3.63, 3.8) is 0 Å². The molecule has 1 unspecified atom stereocenters. The molecule has 5 heteroatoms. The standard InChI is InChI=1S/C15H27NO3Si/c1-4-17-20(18-5-2,19-6-3)15(12-13-16)14-10-8-7-9-11-14/h7-11,15H,4-6,12-13,16H2,1-3H3. The van der Waals surface area contributed by atoms with E-state index in [-0.39, 0.29) is 5.54 Å². The summed E-state index contributed by atoms with van der Waals surface area (Å²) in [6.45, 7) is 8.26. The van der Waals surface area contributed by atoms with Crippen LogP contribution in [-0.4, -0.2) is 35.2 Å². The van der Waals surface area contributed by atoms with E-state index in [9.17, 15) is 0 Å². The Bertz CT molecular complexity index is 344. The summed E-state index contributed by atoms with van der Waals surface area (Å²) in [7, 11) is -2.77. The van der Waals surface area contributed by atoms with Crippen molar-refractivity contribution < 1.29 is 13.3 Å². The molecule has 0 aliphatic carbocycles. The first-order valence-corrected chi connectivity index (χ1v) is 9.21. The largest absolute Gasteiger partial charge is 0.508 e. The summed E-state index contributed by atoms with van der Waals surface area (Å²) in [5.74, 6) is 0. The van der Waals surface area contributed by atoms with Gasteiger partial charge in [0.15, 0.2) is 0 Å². The number of rotatable bonds is 10. The third-order valence-electron chi connectivity index (χ3n) is 3.12. The van der Waals surface area contributed by atoms with Gasteiger partial charge in [0, 0.05) is 19.8 Å². The Labute approximate surface area is 123 Å². The van der Waals surface area contributed by atoms with Gasteiger partial charge in [-0.15, -0.1) is 0 Å². The zero-order chi connectivity index (χ0) is 14.8. The second-order valence-corrected chi connectivity index (χ2v) is 7.21. The molecule has 1 rings (SSSR count). The van der Waals surface area contributed by atoms with Gasteiger partial charge >= 0.3 is 8.80 Å². The second-order valence-electron chi connectivity index (χ2n) is 4.44. The Kier molecular flexibility index (Phi) is 8.02. The average Bonchev–Trinajstić information content (AvgIpc) is 2.46. The minimum atomic E-state index is -2.77. The van der Waals surface area contributed by atoms with Crippen molar-refractivity contribution in [2.75, 3.05) is 26.4 Å². The van der Waals surface area contributed by atoms with Crippen LogP contribution in [0.5, 0.6) is 0 Å². The van der Waals surface area contributed by atoms with Gasteiger partial charge in [-0.2, -0.15) is 0 Å². The van der Waals surface area contributed by atoms with Crippen molar-refractivity contribution in [1.82, 2.24) is 0 Å². The summed E-state index contributed by atoms with van der Waals surface area (Å²) < 4.78 is 18.1. The molecule has 0 aliphatic rings. The SMILES string of the molecule is CCO[Si](OCC)(OCC)C(CCN)c1ccccc1. The predicted octanol–water partition coefficient (Wildman–Crippen LogP) is 2.71. The quantitative estimate of drug-likeness (QED) is 0.675. The molecule has 0 amide bonds. The lowest BCUT2D eigenvalue weighted by Crippen LogP contribution is -2.52. The highest BCUT2D eigenvalue weighted by Crippen LogP contribution is 2.32. The van der Waals surface area contributed by atoms with E-state index in [4.69, 9.17) is 19.0 Å². The van der Waals surface area contributed by atoms with Gasteiger partial charge in [0.25, 0.3) is 0 Å². The zero-order valence-corrected chi connectivity index (χ0v) is 13.8. The van der Waals surface area contributed by atoms with Crippen LogP contribution in [-0.2, 0) is 13.3 Å². The number of nitrogens with two attached hydrogens (primary N) is 1. The van der Waals surface area contributed by atoms with Crippen molar-refractivity contribution in [2.45, 2.75) is 32.7 Å². The number of hydrogen-bond donors (Lipinski definition) is 1. The van der Waals surface area contributed by atoms with E-state index < -0.39 is 8.80 Å². The van der Waals surface area contributed by atoms with Crippen LogP contribution in [0.2, 0.25) is 0 Å². The van der Waals surface area contributed by atoms with E-state index in [1.165, 1.54) is 5.56 Å². The van der Waals surface area contributed by atoms with Crippen molar-refractivity contribution in [3.8, 4) is 0 Å². The Morgan fingerprint density at radius 3 is 1.85 bits per heavy atom. The minimum Gasteiger partial charge on any atom is -0.373 e. The summed E-state index contributed by atoms with van der Waals surface area (Å²) in [4.78, 5) is 0. The summed E-state index contributed by atoms with van der Waals surface area (Å²) in [5.41, 5.74) is 7.08. The van der Waals surface area contributed by atoms with Crippen molar-refractivity contribution in [3.05, 3.63) is 35.9 Å². The topological polar surface area (TPSA) is 53.7 Å². The molecule has 1 aromatic rings. The van der Waals surface area contributed by atoms with Crippen LogP contribution >= 0.6 is 0 Å². The zero-order valence-electron chi connectivity index (χ0n) is 12.8. The molecule has 0 bridgehead atoms. The highest BCUT2D eigenvalue weighted by molar-refractivity contribution is 6.62. The van der Waals surface area contributed by atoms with Crippen LogP contribution < -0.4 is 5.73 Å². The molecule has 1 aromatic carbocycles. The molecule has 0 aromatic heterocycles. The molecule has 0 radical (unpaired) electrons. The van der Waals surface area contributed by atoms with Gasteiger partial charge in [-0.25, -0.2) is 0 Å². The van der Waals surface area contributed by atoms with E-state index in [0.29, 0.717) is 26.4 Å². The van der Waals surface area contributed by atoms with Gasteiger partial charge in [0.1, 0.15) is 0 Å². The fraction of sp³-hybridized carbons (Fsp3) is 0.600. The molecule has 0 fully saturated rings. The molecule has 0 heterocycles.